The summed E-state index contributed by atoms with van der Waals surface area (Å²) in [7, 11) is 0. The Morgan fingerprint density at radius 2 is 1.86 bits per heavy atom. The molecule has 0 N–H and O–H groups in total. The van der Waals surface area contributed by atoms with Crippen LogP contribution in [0.3, 0.4) is 0 Å². The second-order valence-corrected chi connectivity index (χ2v) is 5.44. The molecule has 1 aliphatic rings. The highest BCUT2D eigenvalue weighted by Gasteiger charge is 2.34. The molecule has 2 nitrogen and oxygen atoms in total. The Morgan fingerprint density at radius 3 is 2.43 bits per heavy atom. The van der Waals surface area contributed by atoms with Crippen molar-refractivity contribution >= 4 is 5.69 Å². The highest BCUT2D eigenvalue weighted by Crippen LogP contribution is 2.37. The van der Waals surface area contributed by atoms with Crippen molar-refractivity contribution in [1.29, 1.82) is 0 Å². The first kappa shape index (κ1) is 16.1. The van der Waals surface area contributed by atoms with E-state index in [4.69, 9.17) is 4.74 Å². The van der Waals surface area contributed by atoms with Crippen LogP contribution in [0.1, 0.15) is 36.5 Å². The van der Waals surface area contributed by atoms with Crippen molar-refractivity contribution in [3.63, 3.8) is 0 Å². The SMILES string of the molecule is CCCCc1c(N2CCOCC2)ccc(C(F)(F)F)c1C. The van der Waals surface area contributed by atoms with Crippen LogP contribution in [0, 0.1) is 6.92 Å². The van der Waals surface area contributed by atoms with Crippen molar-refractivity contribution in [2.75, 3.05) is 31.2 Å². The zero-order valence-electron chi connectivity index (χ0n) is 12.6. The van der Waals surface area contributed by atoms with Gasteiger partial charge in [-0.3, -0.25) is 0 Å². The summed E-state index contributed by atoms with van der Waals surface area (Å²) in [4.78, 5) is 2.14. The number of alkyl halides is 3. The Kier molecular flexibility index (Phi) is 5.14. The van der Waals surface area contributed by atoms with Crippen molar-refractivity contribution in [3.8, 4) is 0 Å². The molecule has 1 saturated heterocycles. The summed E-state index contributed by atoms with van der Waals surface area (Å²) in [5.41, 5.74) is 1.65. The van der Waals surface area contributed by atoms with Crippen LogP contribution in [0.4, 0.5) is 18.9 Å². The molecule has 0 amide bonds. The van der Waals surface area contributed by atoms with Gasteiger partial charge in [0.25, 0.3) is 0 Å². The maximum absolute atomic E-state index is 13.1. The largest absolute Gasteiger partial charge is 0.416 e. The molecule has 0 unspecified atom stereocenters. The standard InChI is InChI=1S/C16H22F3NO/c1-3-4-5-13-12(2)14(16(17,18)19)6-7-15(13)20-8-10-21-11-9-20/h6-7H,3-5,8-11H2,1-2H3. The summed E-state index contributed by atoms with van der Waals surface area (Å²) in [6.07, 6.45) is -1.72. The van der Waals surface area contributed by atoms with Gasteiger partial charge < -0.3 is 9.64 Å². The summed E-state index contributed by atoms with van der Waals surface area (Å²) in [5.74, 6) is 0. The first-order valence-corrected chi connectivity index (χ1v) is 7.47. The lowest BCUT2D eigenvalue weighted by molar-refractivity contribution is -0.138. The topological polar surface area (TPSA) is 12.5 Å². The fourth-order valence-electron chi connectivity index (χ4n) is 2.82. The first-order valence-electron chi connectivity index (χ1n) is 7.47. The van der Waals surface area contributed by atoms with Crippen molar-refractivity contribution in [1.82, 2.24) is 0 Å². The third-order valence-electron chi connectivity index (χ3n) is 4.01. The van der Waals surface area contributed by atoms with Gasteiger partial charge in [0.2, 0.25) is 0 Å². The molecule has 1 heterocycles. The van der Waals surface area contributed by atoms with Crippen molar-refractivity contribution in [2.24, 2.45) is 0 Å². The molecule has 21 heavy (non-hydrogen) atoms. The minimum Gasteiger partial charge on any atom is -0.378 e. The minimum absolute atomic E-state index is 0.375. The van der Waals surface area contributed by atoms with E-state index in [1.54, 1.807) is 13.0 Å². The smallest absolute Gasteiger partial charge is 0.378 e. The van der Waals surface area contributed by atoms with Gasteiger partial charge in [-0.1, -0.05) is 13.3 Å². The Bertz CT molecular complexity index is 479. The molecule has 1 aromatic carbocycles. The van der Waals surface area contributed by atoms with E-state index >= 15 is 0 Å². The number of morpholine rings is 1. The number of anilines is 1. The molecule has 0 bridgehead atoms. The maximum atomic E-state index is 13.1. The highest BCUT2D eigenvalue weighted by atomic mass is 19.4. The molecular formula is C16H22F3NO. The highest BCUT2D eigenvalue weighted by molar-refractivity contribution is 5.59. The zero-order chi connectivity index (χ0) is 15.5. The lowest BCUT2D eigenvalue weighted by atomic mass is 9.95. The number of hydrogen-bond acceptors (Lipinski definition) is 2. The van der Waals surface area contributed by atoms with Crippen LogP contribution in [0.2, 0.25) is 0 Å². The van der Waals surface area contributed by atoms with E-state index in [1.165, 1.54) is 6.07 Å². The molecule has 118 valence electrons. The van der Waals surface area contributed by atoms with E-state index in [0.717, 1.165) is 37.2 Å². The maximum Gasteiger partial charge on any atom is 0.416 e. The second kappa shape index (κ2) is 6.69. The van der Waals surface area contributed by atoms with E-state index in [2.05, 4.69) is 11.8 Å². The number of ether oxygens (including phenoxy) is 1. The van der Waals surface area contributed by atoms with Crippen LogP contribution in [0.25, 0.3) is 0 Å². The fourth-order valence-corrected chi connectivity index (χ4v) is 2.82. The molecule has 1 fully saturated rings. The number of halogens is 3. The van der Waals surface area contributed by atoms with Gasteiger partial charge in [-0.15, -0.1) is 0 Å². The number of unbranched alkanes of at least 4 members (excludes halogenated alkanes) is 1. The van der Waals surface area contributed by atoms with Crippen LogP contribution >= 0.6 is 0 Å². The van der Waals surface area contributed by atoms with Gasteiger partial charge in [-0.05, 0) is 43.0 Å². The van der Waals surface area contributed by atoms with E-state index in [0.29, 0.717) is 25.2 Å². The monoisotopic (exact) mass is 301 g/mol. The molecule has 0 aromatic heterocycles. The van der Waals surface area contributed by atoms with Crippen LogP contribution < -0.4 is 4.90 Å². The van der Waals surface area contributed by atoms with Gasteiger partial charge >= 0.3 is 6.18 Å². The average Bonchev–Trinajstić information content (AvgIpc) is 2.45. The summed E-state index contributed by atoms with van der Waals surface area (Å²) < 4.78 is 44.6. The fraction of sp³-hybridized carbons (Fsp3) is 0.625. The van der Waals surface area contributed by atoms with Crippen LogP contribution in [0.5, 0.6) is 0 Å². The lowest BCUT2D eigenvalue weighted by Crippen LogP contribution is -2.37. The zero-order valence-corrected chi connectivity index (χ0v) is 12.6. The van der Waals surface area contributed by atoms with Crippen molar-refractivity contribution < 1.29 is 17.9 Å². The predicted molar refractivity (Wildman–Crippen MR) is 77.8 cm³/mol. The van der Waals surface area contributed by atoms with Gasteiger partial charge in [0.15, 0.2) is 0 Å². The van der Waals surface area contributed by atoms with Crippen molar-refractivity contribution in [3.05, 3.63) is 28.8 Å². The molecule has 1 aromatic rings. The number of rotatable bonds is 4. The molecule has 0 aliphatic carbocycles. The van der Waals surface area contributed by atoms with Crippen molar-refractivity contribution in [2.45, 2.75) is 39.3 Å². The Morgan fingerprint density at radius 1 is 1.19 bits per heavy atom. The third kappa shape index (κ3) is 3.70. The molecular weight excluding hydrogens is 279 g/mol. The van der Waals surface area contributed by atoms with E-state index < -0.39 is 11.7 Å². The first-order chi connectivity index (χ1) is 9.95. The van der Waals surface area contributed by atoms with Gasteiger partial charge in [0, 0.05) is 18.8 Å². The van der Waals surface area contributed by atoms with Gasteiger partial charge in [-0.2, -0.15) is 13.2 Å². The number of hydrogen-bond donors (Lipinski definition) is 0. The third-order valence-corrected chi connectivity index (χ3v) is 4.01. The lowest BCUT2D eigenvalue weighted by Gasteiger charge is -2.32. The normalized spacial score (nSPS) is 16.3. The van der Waals surface area contributed by atoms with Crippen LogP contribution in [-0.4, -0.2) is 26.3 Å². The average molecular weight is 301 g/mol. The van der Waals surface area contributed by atoms with E-state index in [9.17, 15) is 13.2 Å². The number of nitrogens with zero attached hydrogens (tertiary/aromatic N) is 1. The number of benzene rings is 1. The van der Waals surface area contributed by atoms with E-state index in [-0.39, 0.29) is 0 Å². The summed E-state index contributed by atoms with van der Waals surface area (Å²) in [5, 5.41) is 0. The molecule has 0 atom stereocenters. The molecule has 2 rings (SSSR count). The van der Waals surface area contributed by atoms with Gasteiger partial charge in [0.05, 0.1) is 18.8 Å². The quantitative estimate of drug-likeness (QED) is 0.826. The molecule has 5 heteroatoms. The Labute approximate surface area is 123 Å². The molecule has 0 saturated carbocycles. The predicted octanol–water partition coefficient (Wildman–Crippen LogP) is 4.19. The summed E-state index contributed by atoms with van der Waals surface area (Å²) >= 11 is 0. The summed E-state index contributed by atoms with van der Waals surface area (Å²) in [6, 6.07) is 2.85. The summed E-state index contributed by atoms with van der Waals surface area (Å²) in [6.45, 7) is 6.39. The van der Waals surface area contributed by atoms with Crippen LogP contribution in [0.15, 0.2) is 12.1 Å². The second-order valence-electron chi connectivity index (χ2n) is 5.44. The van der Waals surface area contributed by atoms with Gasteiger partial charge in [-0.25, -0.2) is 0 Å². The van der Waals surface area contributed by atoms with Crippen LogP contribution in [-0.2, 0) is 17.3 Å². The molecule has 0 radical (unpaired) electrons. The molecule has 1 aliphatic heterocycles. The minimum atomic E-state index is -4.28. The van der Waals surface area contributed by atoms with Gasteiger partial charge in [0.1, 0.15) is 0 Å². The Hall–Kier alpha value is -1.23. The Balaban J connectivity index is 2.41. The van der Waals surface area contributed by atoms with E-state index in [1.807, 2.05) is 0 Å². The molecule has 0 spiro atoms.